The molecule has 0 aliphatic rings. The molecular formula is C9H13N3O3. The van der Waals surface area contributed by atoms with Gasteiger partial charge in [-0.25, -0.2) is 0 Å². The van der Waals surface area contributed by atoms with Gasteiger partial charge in [0.1, 0.15) is 0 Å². The number of carbonyl (C=O) groups is 2. The summed E-state index contributed by atoms with van der Waals surface area (Å²) in [6.07, 6.45) is -0.213. The Morgan fingerprint density at radius 3 is 2.53 bits per heavy atom. The highest BCUT2D eigenvalue weighted by Gasteiger charge is 2.10. The minimum Gasteiger partial charge on any atom is -0.481 e. The van der Waals surface area contributed by atoms with E-state index in [0.717, 1.165) is 11.3 Å². The Morgan fingerprint density at radius 1 is 1.40 bits per heavy atom. The molecule has 15 heavy (non-hydrogen) atoms. The molecule has 1 aromatic heterocycles. The van der Waals surface area contributed by atoms with E-state index in [0.29, 0.717) is 5.82 Å². The van der Waals surface area contributed by atoms with Crippen molar-refractivity contribution in [3.8, 4) is 0 Å². The number of aromatic amines is 1. The van der Waals surface area contributed by atoms with Gasteiger partial charge in [-0.15, -0.1) is 0 Å². The number of hydrogen-bond acceptors (Lipinski definition) is 3. The molecule has 0 atom stereocenters. The fraction of sp³-hybridized carbons (Fsp3) is 0.444. The molecule has 0 saturated carbocycles. The summed E-state index contributed by atoms with van der Waals surface area (Å²) < 4.78 is 0. The maximum atomic E-state index is 11.3. The average molecular weight is 211 g/mol. The first-order valence-electron chi connectivity index (χ1n) is 4.54. The van der Waals surface area contributed by atoms with Crippen LogP contribution in [-0.2, 0) is 9.59 Å². The van der Waals surface area contributed by atoms with Gasteiger partial charge in [0.15, 0.2) is 5.82 Å². The first-order chi connectivity index (χ1) is 7.00. The van der Waals surface area contributed by atoms with Crippen LogP contribution in [0.3, 0.4) is 0 Å². The normalized spacial score (nSPS) is 10.0. The van der Waals surface area contributed by atoms with E-state index in [1.165, 1.54) is 0 Å². The smallest absolute Gasteiger partial charge is 0.303 e. The van der Waals surface area contributed by atoms with Crippen LogP contribution in [0.2, 0.25) is 0 Å². The number of rotatable bonds is 4. The molecule has 6 nitrogen and oxygen atoms in total. The van der Waals surface area contributed by atoms with Gasteiger partial charge in [-0.1, -0.05) is 0 Å². The topological polar surface area (TPSA) is 95.1 Å². The standard InChI is InChI=1S/C9H13N3O3/c1-5-6(2)11-12-9(5)10-7(13)3-4-8(14)15/h3-4H2,1-2H3,(H,14,15)(H2,10,11,12,13). The predicted molar refractivity (Wildman–Crippen MR) is 53.6 cm³/mol. The monoisotopic (exact) mass is 211 g/mol. The second-order valence-electron chi connectivity index (χ2n) is 3.26. The highest BCUT2D eigenvalue weighted by molar-refractivity contribution is 5.92. The third kappa shape index (κ3) is 3.08. The number of nitrogens with zero attached hydrogens (tertiary/aromatic N) is 1. The summed E-state index contributed by atoms with van der Waals surface area (Å²) in [5.74, 6) is -0.866. The minimum atomic E-state index is -0.986. The van der Waals surface area contributed by atoms with Crippen molar-refractivity contribution < 1.29 is 14.7 Å². The number of anilines is 1. The van der Waals surface area contributed by atoms with Gasteiger partial charge in [0.25, 0.3) is 0 Å². The lowest BCUT2D eigenvalue weighted by molar-refractivity contribution is -0.138. The van der Waals surface area contributed by atoms with Gasteiger partial charge >= 0.3 is 5.97 Å². The number of aliphatic carboxylic acids is 1. The molecule has 0 fully saturated rings. The highest BCUT2D eigenvalue weighted by Crippen LogP contribution is 2.13. The van der Waals surface area contributed by atoms with Crippen LogP contribution in [-0.4, -0.2) is 27.2 Å². The van der Waals surface area contributed by atoms with Crippen LogP contribution in [0.25, 0.3) is 0 Å². The second-order valence-corrected chi connectivity index (χ2v) is 3.26. The van der Waals surface area contributed by atoms with Gasteiger partial charge in [-0.3, -0.25) is 14.7 Å². The van der Waals surface area contributed by atoms with E-state index in [1.807, 2.05) is 13.8 Å². The van der Waals surface area contributed by atoms with E-state index in [4.69, 9.17) is 5.11 Å². The zero-order valence-electron chi connectivity index (χ0n) is 8.63. The Hall–Kier alpha value is -1.85. The van der Waals surface area contributed by atoms with Crippen LogP contribution < -0.4 is 5.32 Å². The number of H-pyrrole nitrogens is 1. The van der Waals surface area contributed by atoms with Crippen LogP contribution in [0.5, 0.6) is 0 Å². The molecule has 0 radical (unpaired) electrons. The lowest BCUT2D eigenvalue weighted by Gasteiger charge is -2.01. The maximum absolute atomic E-state index is 11.3. The van der Waals surface area contributed by atoms with E-state index < -0.39 is 5.97 Å². The molecule has 0 aliphatic carbocycles. The van der Waals surface area contributed by atoms with Crippen molar-refractivity contribution in [2.75, 3.05) is 5.32 Å². The molecule has 1 amide bonds. The molecule has 0 saturated heterocycles. The Kier molecular flexibility index (Phi) is 3.43. The fourth-order valence-corrected chi connectivity index (χ4v) is 1.02. The zero-order valence-corrected chi connectivity index (χ0v) is 8.63. The van der Waals surface area contributed by atoms with Crippen LogP contribution in [0.4, 0.5) is 5.82 Å². The van der Waals surface area contributed by atoms with Crippen molar-refractivity contribution in [1.82, 2.24) is 10.2 Å². The lowest BCUT2D eigenvalue weighted by Crippen LogP contribution is -2.14. The molecule has 6 heteroatoms. The molecule has 0 spiro atoms. The lowest BCUT2D eigenvalue weighted by atomic mass is 10.2. The summed E-state index contributed by atoms with van der Waals surface area (Å²) in [6.45, 7) is 3.67. The van der Waals surface area contributed by atoms with E-state index in [-0.39, 0.29) is 18.7 Å². The molecule has 0 unspecified atom stereocenters. The van der Waals surface area contributed by atoms with Gasteiger partial charge in [0.2, 0.25) is 5.91 Å². The Balaban J connectivity index is 2.51. The highest BCUT2D eigenvalue weighted by atomic mass is 16.4. The summed E-state index contributed by atoms with van der Waals surface area (Å²) in [5.41, 5.74) is 1.74. The summed E-state index contributed by atoms with van der Waals surface area (Å²) in [6, 6.07) is 0. The maximum Gasteiger partial charge on any atom is 0.303 e. The van der Waals surface area contributed by atoms with Crippen molar-refractivity contribution in [3.63, 3.8) is 0 Å². The van der Waals surface area contributed by atoms with Gasteiger partial charge in [-0.2, -0.15) is 5.10 Å². The van der Waals surface area contributed by atoms with Gasteiger partial charge in [-0.05, 0) is 13.8 Å². The van der Waals surface area contributed by atoms with Gasteiger partial charge < -0.3 is 10.4 Å². The van der Waals surface area contributed by atoms with Crippen LogP contribution in [0.15, 0.2) is 0 Å². The molecule has 3 N–H and O–H groups in total. The number of nitrogens with one attached hydrogen (secondary N) is 2. The Bertz CT molecular complexity index is 384. The molecule has 0 aromatic carbocycles. The van der Waals surface area contributed by atoms with Crippen LogP contribution in [0, 0.1) is 13.8 Å². The molecular weight excluding hydrogens is 198 g/mol. The van der Waals surface area contributed by atoms with Gasteiger partial charge in [0, 0.05) is 17.7 Å². The third-order valence-electron chi connectivity index (χ3n) is 2.08. The van der Waals surface area contributed by atoms with E-state index in [2.05, 4.69) is 15.5 Å². The first-order valence-corrected chi connectivity index (χ1v) is 4.54. The number of aromatic nitrogens is 2. The molecule has 0 bridgehead atoms. The largest absolute Gasteiger partial charge is 0.481 e. The first kappa shape index (κ1) is 11.2. The number of aryl methyl sites for hydroxylation is 1. The van der Waals surface area contributed by atoms with Crippen molar-refractivity contribution >= 4 is 17.7 Å². The van der Waals surface area contributed by atoms with Crippen molar-refractivity contribution in [1.29, 1.82) is 0 Å². The quantitative estimate of drug-likeness (QED) is 0.687. The van der Waals surface area contributed by atoms with E-state index in [9.17, 15) is 9.59 Å². The second kappa shape index (κ2) is 4.59. The molecule has 82 valence electrons. The minimum absolute atomic E-state index is 0.0410. The molecule has 0 aliphatic heterocycles. The van der Waals surface area contributed by atoms with Crippen LogP contribution in [0.1, 0.15) is 24.1 Å². The SMILES string of the molecule is Cc1[nH]nc(NC(=O)CCC(=O)O)c1C. The third-order valence-corrected chi connectivity index (χ3v) is 2.08. The zero-order chi connectivity index (χ0) is 11.4. The number of carboxylic acids is 1. The van der Waals surface area contributed by atoms with Crippen molar-refractivity contribution in [3.05, 3.63) is 11.3 Å². The van der Waals surface area contributed by atoms with Crippen molar-refractivity contribution in [2.45, 2.75) is 26.7 Å². The van der Waals surface area contributed by atoms with Crippen molar-refractivity contribution in [2.24, 2.45) is 0 Å². The molecule has 1 heterocycles. The van der Waals surface area contributed by atoms with E-state index in [1.54, 1.807) is 0 Å². The van der Waals surface area contributed by atoms with Crippen LogP contribution >= 0.6 is 0 Å². The summed E-state index contributed by atoms with van der Waals surface area (Å²) >= 11 is 0. The molecule has 1 rings (SSSR count). The number of hydrogen-bond donors (Lipinski definition) is 3. The van der Waals surface area contributed by atoms with E-state index >= 15 is 0 Å². The molecule has 1 aromatic rings. The number of carbonyl (C=O) groups excluding carboxylic acids is 1. The predicted octanol–water partition coefficient (Wildman–Crippen LogP) is 0.830. The Morgan fingerprint density at radius 2 is 2.07 bits per heavy atom. The fourth-order valence-electron chi connectivity index (χ4n) is 1.02. The average Bonchev–Trinajstić information content (AvgIpc) is 2.47. The summed E-state index contributed by atoms with van der Waals surface area (Å²) in [7, 11) is 0. The number of amides is 1. The summed E-state index contributed by atoms with van der Waals surface area (Å²) in [5, 5.41) is 17.5. The Labute approximate surface area is 86.7 Å². The van der Waals surface area contributed by atoms with Gasteiger partial charge in [0.05, 0.1) is 6.42 Å². The summed E-state index contributed by atoms with van der Waals surface area (Å²) in [4.78, 5) is 21.5. The number of carboxylic acid groups (broad SMARTS) is 1.